The number of anilines is 1. The summed E-state index contributed by atoms with van der Waals surface area (Å²) < 4.78 is 1.70. The zero-order chi connectivity index (χ0) is 17.7. The topological polar surface area (TPSA) is 123 Å². The molecule has 0 atom stereocenters. The van der Waals surface area contributed by atoms with Gasteiger partial charge in [-0.15, -0.1) is 0 Å². The van der Waals surface area contributed by atoms with E-state index in [4.69, 9.17) is 4.99 Å². The normalized spacial score (nSPS) is 18.8. The molecule has 0 amide bonds. The van der Waals surface area contributed by atoms with E-state index >= 15 is 0 Å². The van der Waals surface area contributed by atoms with Gasteiger partial charge >= 0.3 is 5.69 Å². The Morgan fingerprint density at radius 3 is 2.88 bits per heavy atom. The molecule has 4 N–H and O–H groups in total. The maximum absolute atomic E-state index is 11.3. The van der Waals surface area contributed by atoms with Gasteiger partial charge in [-0.1, -0.05) is 0 Å². The van der Waals surface area contributed by atoms with E-state index in [1.54, 1.807) is 16.8 Å². The van der Waals surface area contributed by atoms with Crippen LogP contribution in [0.3, 0.4) is 0 Å². The highest BCUT2D eigenvalue weighted by atomic mass is 16.3. The molecule has 0 aliphatic heterocycles. The highest BCUT2D eigenvalue weighted by Gasteiger charge is 2.22. The number of imidazole rings is 1. The predicted molar refractivity (Wildman–Crippen MR) is 94.6 cm³/mol. The van der Waals surface area contributed by atoms with Crippen LogP contribution >= 0.6 is 0 Å². The Bertz CT molecular complexity index is 1150. The van der Waals surface area contributed by atoms with Crippen LogP contribution in [0, 0.1) is 5.92 Å². The minimum absolute atomic E-state index is 0.208. The van der Waals surface area contributed by atoms with Gasteiger partial charge in [0.2, 0.25) is 5.88 Å². The summed E-state index contributed by atoms with van der Waals surface area (Å²) in [5, 5.41) is 18.3. The fraction of sp³-hybridized carbons (Fsp3) is 0.412. The number of aromatic hydroxyl groups is 1. The summed E-state index contributed by atoms with van der Waals surface area (Å²) in [6, 6.07) is 2.29. The minimum atomic E-state index is -0.464. The van der Waals surface area contributed by atoms with Gasteiger partial charge in [-0.25, -0.2) is 9.78 Å². The van der Waals surface area contributed by atoms with Crippen molar-refractivity contribution in [2.75, 3.05) is 11.9 Å². The van der Waals surface area contributed by atoms with E-state index < -0.39 is 5.69 Å². The van der Waals surface area contributed by atoms with Crippen LogP contribution in [0.25, 0.3) is 11.7 Å². The van der Waals surface area contributed by atoms with Crippen LogP contribution < -0.4 is 21.7 Å². The molecule has 3 heterocycles. The Kier molecular flexibility index (Phi) is 3.34. The molecule has 2 aliphatic carbocycles. The number of rotatable bonds is 5. The number of aromatic nitrogens is 5. The zero-order valence-electron chi connectivity index (χ0n) is 14.1. The van der Waals surface area contributed by atoms with Gasteiger partial charge in [-0.3, -0.25) is 9.98 Å². The number of H-pyrrole nitrogens is 2. The summed E-state index contributed by atoms with van der Waals surface area (Å²) in [4.78, 5) is 25.6. The molecule has 26 heavy (non-hydrogen) atoms. The maximum Gasteiger partial charge on any atom is 0.326 e. The maximum atomic E-state index is 11.3. The Hall–Kier alpha value is -3.10. The van der Waals surface area contributed by atoms with Crippen molar-refractivity contribution >= 4 is 17.5 Å². The Morgan fingerprint density at radius 1 is 1.35 bits per heavy atom. The molecular weight excluding hydrogens is 334 g/mol. The third-order valence-electron chi connectivity index (χ3n) is 4.65. The first-order chi connectivity index (χ1) is 12.7. The van der Waals surface area contributed by atoms with Crippen LogP contribution in [0.15, 0.2) is 22.1 Å². The van der Waals surface area contributed by atoms with Gasteiger partial charge < -0.3 is 15.4 Å². The van der Waals surface area contributed by atoms with Crippen molar-refractivity contribution in [2.24, 2.45) is 10.9 Å². The first-order valence-electron chi connectivity index (χ1n) is 8.85. The molecule has 134 valence electrons. The molecule has 0 saturated heterocycles. The molecule has 3 aromatic rings. The van der Waals surface area contributed by atoms with Crippen molar-refractivity contribution in [1.82, 2.24) is 24.6 Å². The second-order valence-electron chi connectivity index (χ2n) is 7.01. The first-order valence-corrected chi connectivity index (χ1v) is 8.85. The largest absolute Gasteiger partial charge is 0.493 e. The molecule has 3 aromatic heterocycles. The van der Waals surface area contributed by atoms with Crippen molar-refractivity contribution in [3.05, 3.63) is 39.1 Å². The van der Waals surface area contributed by atoms with E-state index in [9.17, 15) is 9.90 Å². The van der Waals surface area contributed by atoms with E-state index in [1.165, 1.54) is 12.8 Å². The highest BCUT2D eigenvalue weighted by Crippen LogP contribution is 2.28. The summed E-state index contributed by atoms with van der Waals surface area (Å²) in [6.07, 6.45) is 8.04. The average Bonchev–Trinajstić information content (AvgIpc) is 3.52. The molecule has 0 spiro atoms. The van der Waals surface area contributed by atoms with E-state index in [1.807, 2.05) is 6.07 Å². The lowest BCUT2D eigenvalue weighted by atomic mass is 10.3. The van der Waals surface area contributed by atoms with Crippen LogP contribution in [-0.4, -0.2) is 42.3 Å². The summed E-state index contributed by atoms with van der Waals surface area (Å²) in [5.41, 5.74) is 1.23. The van der Waals surface area contributed by atoms with E-state index in [0.29, 0.717) is 22.6 Å². The second kappa shape index (κ2) is 5.72. The van der Waals surface area contributed by atoms with Gasteiger partial charge in [0.15, 0.2) is 11.1 Å². The van der Waals surface area contributed by atoms with Crippen LogP contribution in [0.2, 0.25) is 0 Å². The molecule has 0 bridgehead atoms. The molecular formula is C17H19N7O2. The van der Waals surface area contributed by atoms with Crippen molar-refractivity contribution < 1.29 is 5.11 Å². The molecule has 0 aromatic carbocycles. The zero-order valence-corrected chi connectivity index (χ0v) is 14.1. The van der Waals surface area contributed by atoms with Crippen molar-refractivity contribution in [2.45, 2.75) is 31.7 Å². The molecule has 9 nitrogen and oxygen atoms in total. The lowest BCUT2D eigenvalue weighted by Crippen LogP contribution is -2.21. The van der Waals surface area contributed by atoms with Gasteiger partial charge in [0.05, 0.1) is 12.2 Å². The van der Waals surface area contributed by atoms with Crippen LogP contribution in [-0.2, 0) is 0 Å². The third kappa shape index (κ3) is 2.96. The summed E-state index contributed by atoms with van der Waals surface area (Å²) in [7, 11) is 0. The van der Waals surface area contributed by atoms with Crippen molar-refractivity contribution in [3.8, 4) is 5.88 Å². The molecule has 0 radical (unpaired) electrons. The van der Waals surface area contributed by atoms with Gasteiger partial charge in [0.25, 0.3) is 0 Å². The van der Waals surface area contributed by atoms with Crippen LogP contribution in [0.4, 0.5) is 5.82 Å². The minimum Gasteiger partial charge on any atom is -0.493 e. The van der Waals surface area contributed by atoms with Gasteiger partial charge in [0, 0.05) is 17.8 Å². The van der Waals surface area contributed by atoms with Crippen molar-refractivity contribution in [3.63, 3.8) is 0 Å². The number of hydrogen-bond donors (Lipinski definition) is 4. The molecule has 0 unspecified atom stereocenters. The van der Waals surface area contributed by atoms with Gasteiger partial charge in [-0.05, 0) is 37.7 Å². The summed E-state index contributed by atoms with van der Waals surface area (Å²) >= 11 is 0. The molecule has 2 aliphatic rings. The standard InChI is InChI=1S/C17H19N7O2/c25-16-12(21-17(26)23-16)5-10-8-19-24-14(20-11-3-4-11)6-13(22-15(10)24)18-7-9-1-2-9/h5-6,8-9,11,18,25H,1-4,7H2,(H2,21,23,26)/b10-5+,20-14?. The number of nitrogens with zero attached hydrogens (tertiary/aromatic N) is 4. The average molecular weight is 353 g/mol. The van der Waals surface area contributed by atoms with Gasteiger partial charge in [0.1, 0.15) is 11.5 Å². The number of fused-ring (bicyclic) bond motifs is 1. The number of aromatic amines is 2. The predicted octanol–water partition coefficient (Wildman–Crippen LogP) is -0.116. The van der Waals surface area contributed by atoms with Gasteiger partial charge in [-0.2, -0.15) is 9.61 Å². The Morgan fingerprint density at radius 2 is 2.19 bits per heavy atom. The summed E-state index contributed by atoms with van der Waals surface area (Å²) in [6.45, 7) is 0.908. The fourth-order valence-electron chi connectivity index (χ4n) is 2.86. The van der Waals surface area contributed by atoms with E-state index in [2.05, 4.69) is 25.4 Å². The molecule has 9 heteroatoms. The highest BCUT2D eigenvalue weighted by molar-refractivity contribution is 5.57. The fourth-order valence-corrected chi connectivity index (χ4v) is 2.86. The second-order valence-corrected chi connectivity index (χ2v) is 7.01. The number of nitrogens with one attached hydrogen (secondary N) is 3. The third-order valence-corrected chi connectivity index (χ3v) is 4.65. The van der Waals surface area contributed by atoms with Crippen LogP contribution in [0.1, 0.15) is 31.4 Å². The summed E-state index contributed by atoms with van der Waals surface area (Å²) in [5.74, 6) is 1.29. The first kappa shape index (κ1) is 15.2. The monoisotopic (exact) mass is 353 g/mol. The SMILES string of the molecule is O=c1[nH]c(O)c(/C=c2\cnn3c(=NC4CC4)cc(NCC4CC4)nc23)[nH]1. The van der Waals surface area contributed by atoms with Crippen molar-refractivity contribution in [1.29, 1.82) is 0 Å². The molecule has 2 saturated carbocycles. The molecule has 2 fully saturated rings. The lowest BCUT2D eigenvalue weighted by molar-refractivity contribution is 0.454. The quantitative estimate of drug-likeness (QED) is 0.509. The Balaban J connectivity index is 1.65. The lowest BCUT2D eigenvalue weighted by Gasteiger charge is -2.05. The Labute approximate surface area is 147 Å². The molecule has 5 rings (SSSR count). The number of hydrogen-bond acceptors (Lipinski definition) is 6. The smallest absolute Gasteiger partial charge is 0.326 e. The van der Waals surface area contributed by atoms with E-state index in [-0.39, 0.29) is 5.88 Å². The van der Waals surface area contributed by atoms with Crippen LogP contribution in [0.5, 0.6) is 5.88 Å². The van der Waals surface area contributed by atoms with E-state index in [0.717, 1.165) is 36.6 Å².